The summed E-state index contributed by atoms with van der Waals surface area (Å²) in [5.41, 5.74) is 2.48. The Kier molecular flexibility index (Phi) is 4.00. The first-order valence-electron chi connectivity index (χ1n) is 7.57. The van der Waals surface area contributed by atoms with E-state index in [1.54, 1.807) is 7.11 Å². The molecule has 120 valence electrons. The maximum Gasteiger partial charge on any atom is 0.166 e. The van der Waals surface area contributed by atoms with Gasteiger partial charge in [0.25, 0.3) is 0 Å². The highest BCUT2D eigenvalue weighted by atomic mass is 79.9. The maximum atomic E-state index is 9.97. The fraction of sp³-hybridized carbons (Fsp3) is 0.529. The Balaban J connectivity index is 0.00000144. The Morgan fingerprint density at radius 3 is 3.00 bits per heavy atom. The van der Waals surface area contributed by atoms with Crippen LogP contribution >= 0.6 is 17.0 Å². The predicted octanol–water partition coefficient (Wildman–Crippen LogP) is 2.43. The zero-order valence-electron chi connectivity index (χ0n) is 12.9. The molecular weight excluding hydrogens is 346 g/mol. The molecule has 1 aromatic rings. The molecule has 0 bridgehead atoms. The summed E-state index contributed by atoms with van der Waals surface area (Å²) >= 11 is 0. The van der Waals surface area contributed by atoms with E-state index in [0.29, 0.717) is 6.42 Å². The molecule has 0 aromatic heterocycles. The molecule has 3 atom stereocenters. The minimum atomic E-state index is -0.412. The Hall–Kier alpha value is -1.04. The second-order valence-corrected chi connectivity index (χ2v) is 6.43. The van der Waals surface area contributed by atoms with Crippen LogP contribution in [0.15, 0.2) is 24.3 Å². The number of nitrogens with zero attached hydrogens (tertiary/aromatic N) is 1. The maximum absolute atomic E-state index is 9.97. The van der Waals surface area contributed by atoms with Crippen LogP contribution in [-0.2, 0) is 12.0 Å². The summed E-state index contributed by atoms with van der Waals surface area (Å²) in [5, 5.41) is 9.97. The predicted molar refractivity (Wildman–Crippen MR) is 90.1 cm³/mol. The Labute approximate surface area is 141 Å². The fourth-order valence-electron chi connectivity index (χ4n) is 4.08. The number of aliphatic hydroxyl groups excluding tert-OH is 1. The van der Waals surface area contributed by atoms with Crippen LogP contribution in [0.5, 0.6) is 11.5 Å². The molecule has 1 aromatic carbocycles. The van der Waals surface area contributed by atoms with E-state index in [1.165, 1.54) is 11.1 Å². The van der Waals surface area contributed by atoms with Gasteiger partial charge in [0, 0.05) is 18.5 Å². The molecule has 0 radical (unpaired) electrons. The largest absolute Gasteiger partial charge is 0.493 e. The number of aliphatic hydroxyl groups is 1. The van der Waals surface area contributed by atoms with Crippen molar-refractivity contribution in [2.45, 2.75) is 37.0 Å². The fourth-order valence-corrected chi connectivity index (χ4v) is 4.08. The van der Waals surface area contributed by atoms with Crippen LogP contribution in [0.3, 0.4) is 0 Å². The number of halogens is 1. The van der Waals surface area contributed by atoms with E-state index in [4.69, 9.17) is 9.47 Å². The molecule has 0 fully saturated rings. The minimum Gasteiger partial charge on any atom is -0.493 e. The first-order chi connectivity index (χ1) is 10.1. The van der Waals surface area contributed by atoms with Crippen molar-refractivity contribution in [3.63, 3.8) is 0 Å². The van der Waals surface area contributed by atoms with Gasteiger partial charge in [0.2, 0.25) is 0 Å². The van der Waals surface area contributed by atoms with Gasteiger partial charge >= 0.3 is 0 Å². The van der Waals surface area contributed by atoms with Gasteiger partial charge in [-0.1, -0.05) is 18.2 Å². The van der Waals surface area contributed by atoms with E-state index in [0.717, 1.165) is 31.0 Å². The van der Waals surface area contributed by atoms with E-state index < -0.39 is 6.10 Å². The van der Waals surface area contributed by atoms with Gasteiger partial charge in [-0.05, 0) is 31.6 Å². The SMILES string of the molecule is Br.COc1ccc2c3c1OC1CC(O)C=C[C@@]31CCN(C)C2. The summed E-state index contributed by atoms with van der Waals surface area (Å²) in [4.78, 5) is 2.35. The van der Waals surface area contributed by atoms with Crippen LogP contribution in [0.4, 0.5) is 0 Å². The molecule has 0 saturated carbocycles. The van der Waals surface area contributed by atoms with Crippen LogP contribution in [0.1, 0.15) is 24.0 Å². The smallest absolute Gasteiger partial charge is 0.166 e. The van der Waals surface area contributed by atoms with E-state index in [9.17, 15) is 5.11 Å². The van der Waals surface area contributed by atoms with Crippen molar-refractivity contribution in [2.75, 3.05) is 20.7 Å². The van der Waals surface area contributed by atoms with E-state index in [2.05, 4.69) is 24.1 Å². The summed E-state index contributed by atoms with van der Waals surface area (Å²) in [6.07, 6.45) is 5.38. The summed E-state index contributed by atoms with van der Waals surface area (Å²) in [6.45, 7) is 1.96. The molecule has 2 unspecified atom stereocenters. The van der Waals surface area contributed by atoms with Crippen LogP contribution in [0.25, 0.3) is 0 Å². The van der Waals surface area contributed by atoms with Crippen LogP contribution in [-0.4, -0.2) is 42.9 Å². The third kappa shape index (κ3) is 2.10. The molecule has 4 nitrogen and oxygen atoms in total. The minimum absolute atomic E-state index is 0. The highest BCUT2D eigenvalue weighted by Crippen LogP contribution is 2.55. The number of ether oxygens (including phenoxy) is 2. The van der Waals surface area contributed by atoms with Crippen molar-refractivity contribution < 1.29 is 14.6 Å². The quantitative estimate of drug-likeness (QED) is 0.774. The lowest BCUT2D eigenvalue weighted by atomic mass is 9.69. The summed E-state index contributed by atoms with van der Waals surface area (Å²) in [6, 6.07) is 4.16. The molecule has 22 heavy (non-hydrogen) atoms. The second-order valence-electron chi connectivity index (χ2n) is 6.43. The Bertz CT molecular complexity index is 618. The van der Waals surface area contributed by atoms with Gasteiger partial charge in [0.1, 0.15) is 6.10 Å². The molecule has 0 amide bonds. The molecule has 1 spiro atoms. The normalized spacial score (nSPS) is 32.3. The molecule has 0 saturated heterocycles. The number of rotatable bonds is 1. The van der Waals surface area contributed by atoms with Crippen molar-refractivity contribution in [3.8, 4) is 11.5 Å². The van der Waals surface area contributed by atoms with Crippen LogP contribution < -0.4 is 9.47 Å². The standard InChI is InChI=1S/C17H21NO3.BrH/c1-18-8-7-17-6-5-12(19)9-14(17)21-16-13(20-2)4-3-11(10-18)15(16)17;/h3-6,12,14,19H,7-10H2,1-2H3;1H/t12?,14?,17-;/m0./s1. The lowest BCUT2D eigenvalue weighted by Gasteiger charge is -2.35. The average Bonchev–Trinajstić information content (AvgIpc) is 2.72. The first-order valence-corrected chi connectivity index (χ1v) is 7.57. The highest BCUT2D eigenvalue weighted by molar-refractivity contribution is 8.93. The topological polar surface area (TPSA) is 41.9 Å². The molecule has 1 aliphatic carbocycles. The Morgan fingerprint density at radius 1 is 1.41 bits per heavy atom. The van der Waals surface area contributed by atoms with Crippen molar-refractivity contribution in [1.82, 2.24) is 4.90 Å². The van der Waals surface area contributed by atoms with Crippen molar-refractivity contribution in [2.24, 2.45) is 0 Å². The monoisotopic (exact) mass is 367 g/mol. The van der Waals surface area contributed by atoms with Crippen molar-refractivity contribution >= 4 is 17.0 Å². The van der Waals surface area contributed by atoms with Crippen LogP contribution in [0, 0.1) is 0 Å². The third-order valence-corrected chi connectivity index (χ3v) is 5.15. The second kappa shape index (κ2) is 5.55. The molecule has 5 heteroatoms. The number of hydrogen-bond acceptors (Lipinski definition) is 4. The molecule has 1 N–H and O–H groups in total. The highest BCUT2D eigenvalue weighted by Gasteiger charge is 2.52. The number of methoxy groups -OCH3 is 1. The van der Waals surface area contributed by atoms with Crippen molar-refractivity contribution in [1.29, 1.82) is 0 Å². The molecule has 2 aliphatic heterocycles. The molecule has 2 heterocycles. The van der Waals surface area contributed by atoms with Crippen LogP contribution in [0.2, 0.25) is 0 Å². The van der Waals surface area contributed by atoms with E-state index in [-0.39, 0.29) is 28.5 Å². The van der Waals surface area contributed by atoms with E-state index in [1.807, 2.05) is 12.1 Å². The lowest BCUT2D eigenvalue weighted by Crippen LogP contribution is -2.42. The van der Waals surface area contributed by atoms with Gasteiger partial charge in [-0.3, -0.25) is 0 Å². The van der Waals surface area contributed by atoms with Gasteiger partial charge in [0.15, 0.2) is 11.5 Å². The van der Waals surface area contributed by atoms with E-state index >= 15 is 0 Å². The molecule has 4 rings (SSSR count). The van der Waals surface area contributed by atoms with Gasteiger partial charge in [-0.2, -0.15) is 0 Å². The summed E-state index contributed by atoms with van der Waals surface area (Å²) < 4.78 is 11.8. The van der Waals surface area contributed by atoms with Gasteiger partial charge in [-0.15, -0.1) is 17.0 Å². The Morgan fingerprint density at radius 2 is 2.23 bits per heavy atom. The average molecular weight is 368 g/mol. The zero-order chi connectivity index (χ0) is 14.6. The van der Waals surface area contributed by atoms with Gasteiger partial charge in [-0.25, -0.2) is 0 Å². The number of benzene rings is 1. The molecular formula is C17H22BrNO3. The summed E-state index contributed by atoms with van der Waals surface area (Å²) in [7, 11) is 3.84. The molecule has 3 aliphatic rings. The number of hydrogen-bond donors (Lipinski definition) is 1. The first kappa shape index (κ1) is 15.8. The zero-order valence-corrected chi connectivity index (χ0v) is 14.6. The lowest BCUT2D eigenvalue weighted by molar-refractivity contribution is 0.0821. The van der Waals surface area contributed by atoms with Crippen molar-refractivity contribution in [3.05, 3.63) is 35.4 Å². The van der Waals surface area contributed by atoms with Gasteiger partial charge < -0.3 is 19.5 Å². The summed E-state index contributed by atoms with van der Waals surface area (Å²) in [5.74, 6) is 1.68. The third-order valence-electron chi connectivity index (χ3n) is 5.15. The van der Waals surface area contributed by atoms with Gasteiger partial charge in [0.05, 0.1) is 18.6 Å².